The zero-order valence-corrected chi connectivity index (χ0v) is 14.3. The molecule has 6 nitrogen and oxygen atoms in total. The lowest BCUT2D eigenvalue weighted by atomic mass is 10.0. The van der Waals surface area contributed by atoms with Crippen LogP contribution in [0.2, 0.25) is 0 Å². The van der Waals surface area contributed by atoms with Gasteiger partial charge < -0.3 is 9.64 Å². The van der Waals surface area contributed by atoms with Gasteiger partial charge >= 0.3 is 0 Å². The van der Waals surface area contributed by atoms with Gasteiger partial charge in [0.1, 0.15) is 6.10 Å². The molecule has 0 saturated carbocycles. The van der Waals surface area contributed by atoms with Gasteiger partial charge in [-0.15, -0.1) is 0 Å². The number of fused-ring (bicyclic) bond motifs is 1. The molecule has 0 bridgehead atoms. The Morgan fingerprint density at radius 3 is 2.54 bits per heavy atom. The molecule has 132 valence electrons. The molecule has 0 spiro atoms. The minimum absolute atomic E-state index is 0.0998. The average Bonchev–Trinajstić information content (AvgIpc) is 2.95. The van der Waals surface area contributed by atoms with E-state index in [0.29, 0.717) is 24.2 Å². The van der Waals surface area contributed by atoms with Crippen molar-refractivity contribution in [1.82, 2.24) is 10.2 Å². The minimum Gasteiger partial charge on any atom is -0.367 e. The first-order valence-corrected chi connectivity index (χ1v) is 8.52. The number of imide groups is 1. The second-order valence-corrected chi connectivity index (χ2v) is 6.60. The van der Waals surface area contributed by atoms with E-state index in [2.05, 4.69) is 5.32 Å². The van der Waals surface area contributed by atoms with Crippen molar-refractivity contribution in [3.05, 3.63) is 70.8 Å². The zero-order valence-electron chi connectivity index (χ0n) is 14.3. The molecule has 1 saturated heterocycles. The van der Waals surface area contributed by atoms with Gasteiger partial charge in [-0.1, -0.05) is 30.3 Å². The van der Waals surface area contributed by atoms with Crippen LogP contribution in [0.3, 0.4) is 0 Å². The van der Waals surface area contributed by atoms with Gasteiger partial charge in [0.25, 0.3) is 17.7 Å². The van der Waals surface area contributed by atoms with Crippen LogP contribution in [0.1, 0.15) is 49.7 Å². The number of morpholine rings is 1. The second kappa shape index (κ2) is 6.38. The maximum absolute atomic E-state index is 13.0. The van der Waals surface area contributed by atoms with Crippen molar-refractivity contribution in [2.24, 2.45) is 0 Å². The number of hydrogen-bond acceptors (Lipinski definition) is 4. The van der Waals surface area contributed by atoms with Crippen LogP contribution in [0.4, 0.5) is 0 Å². The molecule has 0 radical (unpaired) electrons. The van der Waals surface area contributed by atoms with Crippen LogP contribution in [0.25, 0.3) is 0 Å². The summed E-state index contributed by atoms with van der Waals surface area (Å²) in [6.45, 7) is 2.85. The zero-order chi connectivity index (χ0) is 18.3. The Bertz CT molecular complexity index is 894. The summed E-state index contributed by atoms with van der Waals surface area (Å²) in [5, 5.41) is 2.24. The maximum Gasteiger partial charge on any atom is 0.258 e. The number of carbonyl (C=O) groups excluding carboxylic acids is 3. The Balaban J connectivity index is 1.59. The molecule has 0 aliphatic carbocycles. The number of carbonyl (C=O) groups is 3. The summed E-state index contributed by atoms with van der Waals surface area (Å²) in [5.41, 5.74) is 1.98. The molecule has 4 rings (SSSR count). The lowest BCUT2D eigenvalue weighted by molar-refractivity contribution is -0.0691. The fourth-order valence-corrected chi connectivity index (χ4v) is 3.45. The van der Waals surface area contributed by atoms with E-state index in [0.717, 1.165) is 5.56 Å². The summed E-state index contributed by atoms with van der Waals surface area (Å²) in [5.74, 6) is -1.05. The molecule has 2 unspecified atom stereocenters. The third kappa shape index (κ3) is 2.88. The van der Waals surface area contributed by atoms with Crippen LogP contribution >= 0.6 is 0 Å². The number of nitrogens with one attached hydrogen (secondary N) is 1. The first-order chi connectivity index (χ1) is 12.5. The van der Waals surface area contributed by atoms with E-state index in [1.54, 1.807) is 11.0 Å². The Hall–Kier alpha value is -2.99. The van der Waals surface area contributed by atoms with Crippen molar-refractivity contribution in [3.63, 3.8) is 0 Å². The molecule has 2 aliphatic heterocycles. The smallest absolute Gasteiger partial charge is 0.258 e. The van der Waals surface area contributed by atoms with Crippen LogP contribution < -0.4 is 5.32 Å². The molecule has 2 heterocycles. The van der Waals surface area contributed by atoms with Gasteiger partial charge in [0.05, 0.1) is 23.8 Å². The van der Waals surface area contributed by atoms with E-state index in [1.807, 2.05) is 37.3 Å². The van der Waals surface area contributed by atoms with Gasteiger partial charge in [0.2, 0.25) is 0 Å². The summed E-state index contributed by atoms with van der Waals surface area (Å²) in [6.07, 6.45) is -0.291. The Morgan fingerprint density at radius 1 is 1.04 bits per heavy atom. The molecule has 2 aromatic rings. The van der Waals surface area contributed by atoms with E-state index in [-0.39, 0.29) is 23.7 Å². The molecule has 1 fully saturated rings. The lowest BCUT2D eigenvalue weighted by Gasteiger charge is -2.37. The monoisotopic (exact) mass is 350 g/mol. The third-order valence-electron chi connectivity index (χ3n) is 4.70. The molecule has 1 N–H and O–H groups in total. The van der Waals surface area contributed by atoms with Gasteiger partial charge in [-0.05, 0) is 30.7 Å². The van der Waals surface area contributed by atoms with Crippen molar-refractivity contribution in [1.29, 1.82) is 0 Å². The lowest BCUT2D eigenvalue weighted by Crippen LogP contribution is -2.46. The first kappa shape index (κ1) is 16.5. The van der Waals surface area contributed by atoms with Crippen LogP contribution in [0.15, 0.2) is 48.5 Å². The van der Waals surface area contributed by atoms with Crippen molar-refractivity contribution in [3.8, 4) is 0 Å². The quantitative estimate of drug-likeness (QED) is 0.843. The molecule has 2 aromatic carbocycles. The molecular weight excluding hydrogens is 332 g/mol. The van der Waals surface area contributed by atoms with E-state index in [4.69, 9.17) is 4.74 Å². The van der Waals surface area contributed by atoms with Crippen LogP contribution in [-0.2, 0) is 4.74 Å². The molecule has 6 heteroatoms. The summed E-state index contributed by atoms with van der Waals surface area (Å²) < 4.78 is 5.99. The van der Waals surface area contributed by atoms with Crippen molar-refractivity contribution in [2.75, 3.05) is 13.1 Å². The Kier molecular flexibility index (Phi) is 4.05. The van der Waals surface area contributed by atoms with Crippen LogP contribution in [0.5, 0.6) is 0 Å². The highest BCUT2D eigenvalue weighted by Crippen LogP contribution is 2.27. The highest BCUT2D eigenvalue weighted by molar-refractivity contribution is 6.22. The standard InChI is InChI=1S/C20H18N2O4/c1-12-10-22(11-17(26-12)13-5-3-2-4-6-13)20(25)14-7-8-15-16(9-14)19(24)21-18(15)23/h2-9,12,17H,10-11H2,1H3,(H,21,23,24). The van der Waals surface area contributed by atoms with Crippen molar-refractivity contribution in [2.45, 2.75) is 19.1 Å². The van der Waals surface area contributed by atoms with E-state index < -0.39 is 11.8 Å². The predicted molar refractivity (Wildman–Crippen MR) is 93.9 cm³/mol. The average molecular weight is 350 g/mol. The number of hydrogen-bond donors (Lipinski definition) is 1. The van der Waals surface area contributed by atoms with Gasteiger partial charge in [0.15, 0.2) is 0 Å². The Labute approximate surface area is 150 Å². The number of nitrogens with zero attached hydrogens (tertiary/aromatic N) is 1. The first-order valence-electron chi connectivity index (χ1n) is 8.52. The molecule has 0 aromatic heterocycles. The van der Waals surface area contributed by atoms with E-state index in [1.165, 1.54) is 12.1 Å². The van der Waals surface area contributed by atoms with Crippen LogP contribution in [0, 0.1) is 0 Å². The van der Waals surface area contributed by atoms with Crippen molar-refractivity contribution >= 4 is 17.7 Å². The molecular formula is C20H18N2O4. The number of amides is 3. The fraction of sp³-hybridized carbons (Fsp3) is 0.250. The summed E-state index contributed by atoms with van der Waals surface area (Å²) in [4.78, 5) is 38.2. The van der Waals surface area contributed by atoms with Crippen LogP contribution in [-0.4, -0.2) is 41.8 Å². The Morgan fingerprint density at radius 2 is 1.77 bits per heavy atom. The van der Waals surface area contributed by atoms with Gasteiger partial charge in [-0.25, -0.2) is 0 Å². The van der Waals surface area contributed by atoms with Gasteiger partial charge in [-0.3, -0.25) is 19.7 Å². The van der Waals surface area contributed by atoms with Gasteiger partial charge in [0, 0.05) is 12.1 Å². The molecule has 26 heavy (non-hydrogen) atoms. The van der Waals surface area contributed by atoms with Crippen molar-refractivity contribution < 1.29 is 19.1 Å². The second-order valence-electron chi connectivity index (χ2n) is 6.60. The largest absolute Gasteiger partial charge is 0.367 e. The highest BCUT2D eigenvalue weighted by Gasteiger charge is 2.32. The third-order valence-corrected chi connectivity index (χ3v) is 4.70. The number of benzene rings is 2. The molecule has 3 amide bonds. The number of ether oxygens (including phenoxy) is 1. The highest BCUT2D eigenvalue weighted by atomic mass is 16.5. The maximum atomic E-state index is 13.0. The molecule has 2 aliphatic rings. The molecule has 2 atom stereocenters. The number of rotatable bonds is 2. The fourth-order valence-electron chi connectivity index (χ4n) is 3.45. The SMILES string of the molecule is CC1CN(C(=O)c2ccc3c(c2)C(=O)NC3=O)CC(c2ccccc2)O1. The van der Waals surface area contributed by atoms with E-state index in [9.17, 15) is 14.4 Å². The summed E-state index contributed by atoms with van der Waals surface area (Å²) in [7, 11) is 0. The van der Waals surface area contributed by atoms with E-state index >= 15 is 0 Å². The normalized spacial score (nSPS) is 22.1. The van der Waals surface area contributed by atoms with Gasteiger partial charge in [-0.2, -0.15) is 0 Å². The summed E-state index contributed by atoms with van der Waals surface area (Å²) >= 11 is 0. The topological polar surface area (TPSA) is 75.7 Å². The summed E-state index contributed by atoms with van der Waals surface area (Å²) in [6, 6.07) is 14.4. The predicted octanol–water partition coefficient (Wildman–Crippen LogP) is 2.17. The minimum atomic E-state index is -0.461.